The summed E-state index contributed by atoms with van der Waals surface area (Å²) in [5.41, 5.74) is 3.40. The molecule has 2 aromatic carbocycles. The Balaban J connectivity index is 1.24. The van der Waals surface area contributed by atoms with E-state index in [-0.39, 0.29) is 35.5 Å². The lowest BCUT2D eigenvalue weighted by Gasteiger charge is -2.44. The summed E-state index contributed by atoms with van der Waals surface area (Å²) in [6, 6.07) is 28.8. The Kier molecular flexibility index (Phi) is 10.2. The van der Waals surface area contributed by atoms with Crippen LogP contribution in [-0.4, -0.2) is 49.5 Å². The summed E-state index contributed by atoms with van der Waals surface area (Å²) in [7, 11) is -2.87. The van der Waals surface area contributed by atoms with Gasteiger partial charge in [0.25, 0.3) is 8.32 Å². The molecule has 0 bridgehead atoms. The van der Waals surface area contributed by atoms with Gasteiger partial charge in [-0.3, -0.25) is 14.5 Å². The van der Waals surface area contributed by atoms with Gasteiger partial charge < -0.3 is 18.7 Å². The Hall–Kier alpha value is -3.86. The first-order valence-electron chi connectivity index (χ1n) is 17.9. The normalized spacial score (nSPS) is 22.5. The van der Waals surface area contributed by atoms with Crippen molar-refractivity contribution in [3.05, 3.63) is 123 Å². The van der Waals surface area contributed by atoms with Gasteiger partial charge >= 0.3 is 0 Å². The van der Waals surface area contributed by atoms with Crippen LogP contribution < -0.4 is 10.4 Å². The maximum Gasteiger partial charge on any atom is 0.261 e. The fourth-order valence-corrected chi connectivity index (χ4v) is 13.8. The Morgan fingerprint density at radius 2 is 1.67 bits per heavy atom. The molecule has 2 amide bonds. The van der Waals surface area contributed by atoms with E-state index in [9.17, 15) is 14.7 Å². The first-order chi connectivity index (χ1) is 24.6. The standard InChI is InChI=1S/C42H47NO6SSi/c1-28(22-30-18-19-31(25-44)49-30)17-20-37-38-29(23-35-39(36(38)27-47-37)41(46)43(40(35)45)24-32-12-11-21-50-32)26-48-51(42(2,3)4,33-13-7-5-8-14-33)34-15-9-6-10-16-34/h5-16,18-19,21-22,35-37,39,44H,17,20,23-27H2,1-4H3/b28-22+/t35-,36+,37-,39-/m1/s1. The number of likely N-dealkylation sites (tertiary alicyclic amines) is 1. The van der Waals surface area contributed by atoms with E-state index in [2.05, 4.69) is 76.2 Å². The molecular weight excluding hydrogens is 675 g/mol. The zero-order valence-corrected chi connectivity index (χ0v) is 31.7. The molecule has 2 saturated heterocycles. The van der Waals surface area contributed by atoms with Gasteiger partial charge in [-0.2, -0.15) is 0 Å². The maximum absolute atomic E-state index is 14.1. The Morgan fingerprint density at radius 1 is 0.961 bits per heavy atom. The molecule has 0 unspecified atom stereocenters. The number of carbonyl (C=O) groups is 2. The van der Waals surface area contributed by atoms with Crippen molar-refractivity contribution in [1.29, 1.82) is 0 Å². The van der Waals surface area contributed by atoms with Crippen molar-refractivity contribution in [2.24, 2.45) is 17.8 Å². The second-order valence-electron chi connectivity index (χ2n) is 15.1. The first kappa shape index (κ1) is 35.5. The van der Waals surface area contributed by atoms with Crippen LogP contribution in [0.1, 0.15) is 63.4 Å². The van der Waals surface area contributed by atoms with E-state index in [1.54, 1.807) is 17.4 Å². The third kappa shape index (κ3) is 6.78. The summed E-state index contributed by atoms with van der Waals surface area (Å²) in [5, 5.41) is 13.6. The highest BCUT2D eigenvalue weighted by molar-refractivity contribution is 7.09. The Bertz CT molecular complexity index is 1870. The van der Waals surface area contributed by atoms with E-state index in [1.807, 2.05) is 41.8 Å². The number of hydrogen-bond acceptors (Lipinski definition) is 7. The van der Waals surface area contributed by atoms with Gasteiger partial charge in [0, 0.05) is 10.8 Å². The summed E-state index contributed by atoms with van der Waals surface area (Å²) >= 11 is 1.57. The smallest absolute Gasteiger partial charge is 0.261 e. The summed E-state index contributed by atoms with van der Waals surface area (Å²) in [5.74, 6) is 0.0688. The van der Waals surface area contributed by atoms with Gasteiger partial charge in [-0.05, 0) is 82.4 Å². The van der Waals surface area contributed by atoms with Crippen LogP contribution in [0.4, 0.5) is 0 Å². The minimum atomic E-state index is -2.87. The predicted octanol–water partition coefficient (Wildman–Crippen LogP) is 7.11. The molecule has 4 atom stereocenters. The lowest BCUT2D eigenvalue weighted by atomic mass is 9.69. The minimum Gasteiger partial charge on any atom is -0.459 e. The van der Waals surface area contributed by atoms with Crippen LogP contribution in [-0.2, 0) is 31.9 Å². The van der Waals surface area contributed by atoms with Crippen molar-refractivity contribution in [3.63, 3.8) is 0 Å². The number of furan rings is 1. The number of fused-ring (bicyclic) bond motifs is 3. The molecule has 3 aliphatic rings. The van der Waals surface area contributed by atoms with Crippen molar-refractivity contribution in [2.75, 3.05) is 13.2 Å². The van der Waals surface area contributed by atoms with Crippen molar-refractivity contribution < 1.29 is 28.3 Å². The van der Waals surface area contributed by atoms with E-state index in [4.69, 9.17) is 13.6 Å². The van der Waals surface area contributed by atoms with E-state index in [0.29, 0.717) is 37.7 Å². The summed E-state index contributed by atoms with van der Waals surface area (Å²) in [6.45, 7) is 9.87. The molecule has 51 heavy (non-hydrogen) atoms. The average molecular weight is 722 g/mol. The largest absolute Gasteiger partial charge is 0.459 e. The fraction of sp³-hybridized carbons (Fsp3) is 0.381. The molecule has 1 N–H and O–H groups in total. The van der Waals surface area contributed by atoms with Gasteiger partial charge in [-0.15, -0.1) is 11.3 Å². The number of thiophene rings is 1. The van der Waals surface area contributed by atoms with Crippen LogP contribution in [0.5, 0.6) is 0 Å². The maximum atomic E-state index is 14.1. The Morgan fingerprint density at radius 3 is 2.27 bits per heavy atom. The first-order valence-corrected chi connectivity index (χ1v) is 20.7. The molecule has 2 aliphatic heterocycles. The van der Waals surface area contributed by atoms with E-state index in [1.165, 1.54) is 15.3 Å². The monoisotopic (exact) mass is 721 g/mol. The molecular formula is C42H47NO6SSi. The molecule has 266 valence electrons. The van der Waals surface area contributed by atoms with Crippen LogP contribution in [0.25, 0.3) is 6.08 Å². The van der Waals surface area contributed by atoms with Gasteiger partial charge in [0.1, 0.15) is 18.1 Å². The molecule has 4 aromatic rings. The quantitative estimate of drug-likeness (QED) is 0.0954. The molecule has 7 nitrogen and oxygen atoms in total. The van der Waals surface area contributed by atoms with Crippen LogP contribution in [0, 0.1) is 17.8 Å². The number of aliphatic hydroxyl groups excluding tert-OH is 1. The molecule has 9 heteroatoms. The number of allylic oxidation sites excluding steroid dienone is 1. The molecule has 0 saturated carbocycles. The van der Waals surface area contributed by atoms with Crippen LogP contribution in [0.2, 0.25) is 5.04 Å². The third-order valence-corrected chi connectivity index (χ3v) is 16.7. The van der Waals surface area contributed by atoms with Crippen LogP contribution >= 0.6 is 11.3 Å². The number of amides is 2. The average Bonchev–Trinajstić information content (AvgIpc) is 3.94. The van der Waals surface area contributed by atoms with Crippen molar-refractivity contribution in [2.45, 2.75) is 71.3 Å². The number of rotatable bonds is 12. The van der Waals surface area contributed by atoms with E-state index < -0.39 is 20.2 Å². The van der Waals surface area contributed by atoms with E-state index in [0.717, 1.165) is 34.4 Å². The Labute approximate surface area is 305 Å². The molecule has 2 fully saturated rings. The SMILES string of the molecule is C/C(=C\c1ccc(CO)o1)CC[C@H]1OC[C@H]2C1=C(CO[Si](c1ccccc1)(c1ccccc1)C(C)(C)C)C[C@H]1C(=O)N(Cc3cccs3)C(=O)[C@H]12. The highest BCUT2D eigenvalue weighted by Gasteiger charge is 2.57. The second kappa shape index (κ2) is 14.6. The van der Waals surface area contributed by atoms with Gasteiger partial charge in [0.15, 0.2) is 0 Å². The predicted molar refractivity (Wildman–Crippen MR) is 203 cm³/mol. The van der Waals surface area contributed by atoms with Crippen LogP contribution in [0.3, 0.4) is 0 Å². The number of nitrogens with zero attached hydrogens (tertiary/aromatic N) is 1. The van der Waals surface area contributed by atoms with Crippen molar-refractivity contribution in [3.8, 4) is 0 Å². The lowest BCUT2D eigenvalue weighted by molar-refractivity contribution is -0.140. The number of hydrogen-bond donors (Lipinski definition) is 1. The molecule has 0 spiro atoms. The molecule has 0 radical (unpaired) electrons. The zero-order chi connectivity index (χ0) is 35.8. The van der Waals surface area contributed by atoms with Gasteiger partial charge in [0.05, 0.1) is 37.7 Å². The second-order valence-corrected chi connectivity index (χ2v) is 20.4. The van der Waals surface area contributed by atoms with Gasteiger partial charge in [0.2, 0.25) is 11.8 Å². The number of imide groups is 1. The van der Waals surface area contributed by atoms with Gasteiger partial charge in [-0.25, -0.2) is 0 Å². The van der Waals surface area contributed by atoms with Crippen molar-refractivity contribution >= 4 is 47.9 Å². The van der Waals surface area contributed by atoms with E-state index >= 15 is 0 Å². The lowest BCUT2D eigenvalue weighted by Crippen LogP contribution is -2.66. The number of carbonyl (C=O) groups excluding carboxylic acids is 2. The summed E-state index contributed by atoms with van der Waals surface area (Å²) in [4.78, 5) is 30.7. The number of aliphatic hydroxyl groups is 1. The highest BCUT2D eigenvalue weighted by atomic mass is 32.1. The number of ether oxygens (including phenoxy) is 1. The number of benzene rings is 2. The highest BCUT2D eigenvalue weighted by Crippen LogP contribution is 2.51. The molecule has 7 rings (SSSR count). The topological polar surface area (TPSA) is 89.2 Å². The fourth-order valence-electron chi connectivity index (χ4n) is 8.57. The van der Waals surface area contributed by atoms with Crippen molar-refractivity contribution in [1.82, 2.24) is 4.90 Å². The molecule has 4 heterocycles. The zero-order valence-electron chi connectivity index (χ0n) is 29.8. The minimum absolute atomic E-state index is 0.0781. The summed E-state index contributed by atoms with van der Waals surface area (Å²) < 4.78 is 19.8. The van der Waals surface area contributed by atoms with Crippen LogP contribution in [0.15, 0.2) is 111 Å². The molecule has 1 aliphatic carbocycles. The summed E-state index contributed by atoms with van der Waals surface area (Å²) in [6.07, 6.45) is 3.82. The third-order valence-electron chi connectivity index (χ3n) is 10.9. The van der Waals surface area contributed by atoms with Gasteiger partial charge in [-0.1, -0.05) is 93.1 Å². The molecule has 2 aromatic heterocycles.